The summed E-state index contributed by atoms with van der Waals surface area (Å²) in [6.07, 6.45) is 0. The molecule has 0 aromatic heterocycles. The molecule has 4 aromatic rings. The number of ether oxygens (including phenoxy) is 1. The fourth-order valence-corrected chi connectivity index (χ4v) is 3.62. The number of carbonyl (C=O) groups is 3. The highest BCUT2D eigenvalue weighted by Gasteiger charge is 2.17. The molecule has 0 heterocycles. The van der Waals surface area contributed by atoms with Crippen LogP contribution in [0.1, 0.15) is 27.6 Å². The van der Waals surface area contributed by atoms with Crippen molar-refractivity contribution in [2.75, 3.05) is 17.7 Å². The van der Waals surface area contributed by atoms with E-state index in [-0.39, 0.29) is 17.4 Å². The zero-order valence-corrected chi connectivity index (χ0v) is 18.2. The van der Waals surface area contributed by atoms with Crippen molar-refractivity contribution in [2.45, 2.75) is 6.92 Å². The minimum atomic E-state index is -0.566. The summed E-state index contributed by atoms with van der Waals surface area (Å²) in [4.78, 5) is 36.8. The summed E-state index contributed by atoms with van der Waals surface area (Å²) in [5.41, 5.74) is 3.26. The lowest BCUT2D eigenvalue weighted by Crippen LogP contribution is -2.15. The Hall–Kier alpha value is -4.45. The number of anilines is 2. The van der Waals surface area contributed by atoms with E-state index in [0.717, 1.165) is 21.9 Å². The molecule has 164 valence electrons. The van der Waals surface area contributed by atoms with Crippen LogP contribution in [0.2, 0.25) is 0 Å². The van der Waals surface area contributed by atoms with Gasteiger partial charge in [-0.25, -0.2) is 4.79 Å². The van der Waals surface area contributed by atoms with Gasteiger partial charge in [0.15, 0.2) is 0 Å². The van der Waals surface area contributed by atoms with Crippen molar-refractivity contribution in [3.05, 3.63) is 96.1 Å². The van der Waals surface area contributed by atoms with Gasteiger partial charge in [0.25, 0.3) is 5.91 Å². The molecule has 0 radical (unpaired) electrons. The van der Waals surface area contributed by atoms with Gasteiger partial charge in [-0.05, 0) is 58.3 Å². The number of methoxy groups -OCH3 is 1. The quantitative estimate of drug-likeness (QED) is 0.403. The van der Waals surface area contributed by atoms with E-state index in [1.54, 1.807) is 30.3 Å². The van der Waals surface area contributed by atoms with Crippen LogP contribution in [-0.2, 0) is 9.53 Å². The number of hydrogen-bond donors (Lipinski definition) is 2. The molecule has 0 aliphatic carbocycles. The summed E-state index contributed by atoms with van der Waals surface area (Å²) in [7, 11) is 1.29. The molecular weight excluding hydrogens is 416 g/mol. The number of fused-ring (bicyclic) bond motifs is 1. The second-order valence-electron chi connectivity index (χ2n) is 7.53. The average molecular weight is 438 g/mol. The third-order valence-electron chi connectivity index (χ3n) is 5.20. The Bertz CT molecular complexity index is 1380. The first-order valence-corrected chi connectivity index (χ1v) is 10.3. The normalized spacial score (nSPS) is 10.5. The third kappa shape index (κ3) is 4.91. The lowest BCUT2D eigenvalue weighted by molar-refractivity contribution is -0.114. The summed E-state index contributed by atoms with van der Waals surface area (Å²) in [5, 5.41) is 7.56. The van der Waals surface area contributed by atoms with Gasteiger partial charge in [0.2, 0.25) is 5.91 Å². The summed E-state index contributed by atoms with van der Waals surface area (Å²) >= 11 is 0. The number of esters is 1. The largest absolute Gasteiger partial charge is 0.465 e. The van der Waals surface area contributed by atoms with Crippen LogP contribution >= 0.6 is 0 Å². The molecule has 0 aliphatic rings. The fourth-order valence-electron chi connectivity index (χ4n) is 3.62. The molecule has 0 spiro atoms. The van der Waals surface area contributed by atoms with Gasteiger partial charge >= 0.3 is 5.97 Å². The molecule has 6 nitrogen and oxygen atoms in total. The van der Waals surface area contributed by atoms with Crippen molar-refractivity contribution in [3.8, 4) is 11.1 Å². The van der Waals surface area contributed by atoms with E-state index in [1.165, 1.54) is 14.0 Å². The number of hydrogen-bond acceptors (Lipinski definition) is 4. The standard InChI is InChI=1S/C27H22N2O4/c1-17(30)28-23-9-5-8-20(15-23)21-12-13-25(24(16-21)27(32)33-2)29-26(31)22-11-10-18-6-3-4-7-19(18)14-22/h3-16H,1-2H3,(H,28,30)(H,29,31). The van der Waals surface area contributed by atoms with Gasteiger partial charge in [-0.1, -0.05) is 48.5 Å². The van der Waals surface area contributed by atoms with Crippen LogP contribution in [0, 0.1) is 0 Å². The van der Waals surface area contributed by atoms with Crippen LogP contribution in [0.25, 0.3) is 21.9 Å². The van der Waals surface area contributed by atoms with Gasteiger partial charge in [-0.15, -0.1) is 0 Å². The Labute approximate surface area is 191 Å². The predicted molar refractivity (Wildman–Crippen MR) is 129 cm³/mol. The molecule has 4 rings (SSSR count). The predicted octanol–water partition coefficient (Wildman–Crippen LogP) is 5.50. The molecule has 0 fully saturated rings. The fraction of sp³-hybridized carbons (Fsp3) is 0.0741. The Kier molecular flexibility index (Phi) is 6.17. The van der Waals surface area contributed by atoms with Crippen molar-refractivity contribution >= 4 is 39.9 Å². The minimum Gasteiger partial charge on any atom is -0.465 e. The summed E-state index contributed by atoms with van der Waals surface area (Å²) in [5.74, 6) is -1.07. The highest BCUT2D eigenvalue weighted by molar-refractivity contribution is 6.09. The van der Waals surface area contributed by atoms with Crippen LogP contribution in [-0.4, -0.2) is 24.9 Å². The Balaban J connectivity index is 1.66. The van der Waals surface area contributed by atoms with Gasteiger partial charge in [0, 0.05) is 18.2 Å². The van der Waals surface area contributed by atoms with Crippen LogP contribution < -0.4 is 10.6 Å². The first kappa shape index (κ1) is 21.8. The highest BCUT2D eigenvalue weighted by Crippen LogP contribution is 2.28. The number of nitrogens with one attached hydrogen (secondary N) is 2. The van der Waals surface area contributed by atoms with E-state index in [1.807, 2.05) is 54.6 Å². The zero-order valence-electron chi connectivity index (χ0n) is 18.2. The number of carbonyl (C=O) groups excluding carboxylic acids is 3. The first-order chi connectivity index (χ1) is 15.9. The van der Waals surface area contributed by atoms with Crippen LogP contribution in [0.5, 0.6) is 0 Å². The molecule has 0 aliphatic heterocycles. The van der Waals surface area contributed by atoms with Crippen molar-refractivity contribution < 1.29 is 19.1 Å². The summed E-state index contributed by atoms with van der Waals surface area (Å²) < 4.78 is 4.94. The van der Waals surface area contributed by atoms with Gasteiger partial charge in [-0.2, -0.15) is 0 Å². The molecule has 0 saturated heterocycles. The molecule has 2 N–H and O–H groups in total. The van der Waals surface area contributed by atoms with E-state index in [4.69, 9.17) is 4.74 Å². The Morgan fingerprint density at radius 3 is 2.24 bits per heavy atom. The van der Waals surface area contributed by atoms with Crippen molar-refractivity contribution in [3.63, 3.8) is 0 Å². The molecule has 0 bridgehead atoms. The molecule has 0 atom stereocenters. The minimum absolute atomic E-state index is 0.172. The number of rotatable bonds is 5. The maximum absolute atomic E-state index is 12.9. The summed E-state index contributed by atoms with van der Waals surface area (Å²) in [6.45, 7) is 1.44. The smallest absolute Gasteiger partial charge is 0.339 e. The van der Waals surface area contributed by atoms with Crippen LogP contribution in [0.3, 0.4) is 0 Å². The van der Waals surface area contributed by atoms with E-state index < -0.39 is 5.97 Å². The molecule has 0 unspecified atom stereocenters. The molecular formula is C27H22N2O4. The Morgan fingerprint density at radius 2 is 1.48 bits per heavy atom. The average Bonchev–Trinajstić information content (AvgIpc) is 2.83. The topological polar surface area (TPSA) is 84.5 Å². The van der Waals surface area contributed by atoms with Crippen LogP contribution in [0.15, 0.2) is 84.9 Å². The first-order valence-electron chi connectivity index (χ1n) is 10.3. The number of benzene rings is 4. The zero-order chi connectivity index (χ0) is 23.4. The molecule has 2 amide bonds. The maximum atomic E-state index is 12.9. The van der Waals surface area contributed by atoms with Crippen molar-refractivity contribution in [1.82, 2.24) is 0 Å². The molecule has 4 aromatic carbocycles. The highest BCUT2D eigenvalue weighted by atomic mass is 16.5. The van der Waals surface area contributed by atoms with Crippen molar-refractivity contribution in [2.24, 2.45) is 0 Å². The lowest BCUT2D eigenvalue weighted by Gasteiger charge is -2.13. The second-order valence-corrected chi connectivity index (χ2v) is 7.53. The van der Waals surface area contributed by atoms with E-state index in [0.29, 0.717) is 16.9 Å². The summed E-state index contributed by atoms with van der Waals surface area (Å²) in [6, 6.07) is 25.6. The maximum Gasteiger partial charge on any atom is 0.339 e. The van der Waals surface area contributed by atoms with Crippen molar-refractivity contribution in [1.29, 1.82) is 0 Å². The lowest BCUT2D eigenvalue weighted by atomic mass is 10.0. The van der Waals surface area contributed by atoms with Gasteiger partial charge in [0.05, 0.1) is 18.4 Å². The number of amides is 2. The second kappa shape index (κ2) is 9.36. The molecule has 33 heavy (non-hydrogen) atoms. The monoisotopic (exact) mass is 438 g/mol. The molecule has 6 heteroatoms. The molecule has 0 saturated carbocycles. The van der Waals surface area contributed by atoms with E-state index in [9.17, 15) is 14.4 Å². The van der Waals surface area contributed by atoms with Gasteiger partial charge in [-0.3, -0.25) is 9.59 Å². The van der Waals surface area contributed by atoms with Gasteiger partial charge in [0.1, 0.15) is 0 Å². The van der Waals surface area contributed by atoms with E-state index in [2.05, 4.69) is 10.6 Å². The third-order valence-corrected chi connectivity index (χ3v) is 5.20. The van der Waals surface area contributed by atoms with E-state index >= 15 is 0 Å². The van der Waals surface area contributed by atoms with Gasteiger partial charge < -0.3 is 15.4 Å². The Morgan fingerprint density at radius 1 is 0.727 bits per heavy atom. The van der Waals surface area contributed by atoms with Crippen LogP contribution in [0.4, 0.5) is 11.4 Å². The SMILES string of the molecule is COC(=O)c1cc(-c2cccc(NC(C)=O)c2)ccc1NC(=O)c1ccc2ccccc2c1.